The van der Waals surface area contributed by atoms with E-state index in [-0.39, 0.29) is 31.3 Å². The zero-order chi connectivity index (χ0) is 26.3. The van der Waals surface area contributed by atoms with Gasteiger partial charge in [0.1, 0.15) is 30.5 Å². The van der Waals surface area contributed by atoms with E-state index in [1.807, 2.05) is 0 Å². The highest BCUT2D eigenvalue weighted by Crippen LogP contribution is 2.20. The lowest BCUT2D eigenvalue weighted by atomic mass is 10.2. The van der Waals surface area contributed by atoms with E-state index < -0.39 is 30.0 Å². The van der Waals surface area contributed by atoms with Crippen molar-refractivity contribution in [1.29, 1.82) is 0 Å². The van der Waals surface area contributed by atoms with Crippen molar-refractivity contribution in [3.63, 3.8) is 0 Å². The van der Waals surface area contributed by atoms with Crippen LogP contribution in [0.3, 0.4) is 0 Å². The van der Waals surface area contributed by atoms with Gasteiger partial charge in [-0.05, 0) is 48.5 Å². The van der Waals surface area contributed by atoms with Crippen LogP contribution in [-0.2, 0) is 28.6 Å². The molecule has 0 aliphatic heterocycles. The third-order valence-electron chi connectivity index (χ3n) is 4.18. The van der Waals surface area contributed by atoms with E-state index in [9.17, 15) is 19.2 Å². The summed E-state index contributed by atoms with van der Waals surface area (Å²) in [5.41, 5.74) is 0.258. The first-order valence-electron chi connectivity index (χ1n) is 10.4. The molecule has 0 bridgehead atoms. The Morgan fingerprint density at radius 3 is 1.81 bits per heavy atom. The molecular weight excluding hydrogens is 472 g/mol. The number of benzene rings is 2. The second-order valence-corrected chi connectivity index (χ2v) is 6.72. The van der Waals surface area contributed by atoms with E-state index in [0.29, 0.717) is 11.5 Å². The van der Waals surface area contributed by atoms with Crippen molar-refractivity contribution >= 4 is 23.9 Å². The van der Waals surface area contributed by atoms with Crippen molar-refractivity contribution in [2.45, 2.75) is 6.10 Å². The molecule has 0 fully saturated rings. The molecule has 1 unspecified atom stereocenters. The summed E-state index contributed by atoms with van der Waals surface area (Å²) in [6.45, 7) is 9.25. The largest absolute Gasteiger partial charge is 0.490 e. The highest BCUT2D eigenvalue weighted by atomic mass is 16.7. The Morgan fingerprint density at radius 1 is 0.667 bits per heavy atom. The third kappa shape index (κ3) is 9.56. The van der Waals surface area contributed by atoms with Gasteiger partial charge in [-0.3, -0.25) is 0 Å². The van der Waals surface area contributed by atoms with Gasteiger partial charge >= 0.3 is 23.9 Å². The number of hydrogen-bond acceptors (Lipinski definition) is 10. The van der Waals surface area contributed by atoms with Crippen LogP contribution in [0, 0.1) is 0 Å². The predicted molar refractivity (Wildman–Crippen MR) is 126 cm³/mol. The van der Waals surface area contributed by atoms with Crippen LogP contribution in [-0.4, -0.2) is 50.0 Å². The van der Waals surface area contributed by atoms with Gasteiger partial charge in [0, 0.05) is 18.2 Å². The van der Waals surface area contributed by atoms with Crippen molar-refractivity contribution in [1.82, 2.24) is 0 Å². The van der Waals surface area contributed by atoms with Crippen LogP contribution in [0.5, 0.6) is 17.2 Å². The van der Waals surface area contributed by atoms with Crippen LogP contribution < -0.4 is 14.2 Å². The van der Waals surface area contributed by atoms with E-state index in [4.69, 9.17) is 28.4 Å². The van der Waals surface area contributed by atoms with Gasteiger partial charge in [-0.25, -0.2) is 19.2 Å². The maximum absolute atomic E-state index is 12.4. The van der Waals surface area contributed by atoms with Gasteiger partial charge in [-0.2, -0.15) is 0 Å². The van der Waals surface area contributed by atoms with Crippen molar-refractivity contribution in [2.75, 3.05) is 20.0 Å². The lowest BCUT2D eigenvalue weighted by Gasteiger charge is -2.17. The van der Waals surface area contributed by atoms with Gasteiger partial charge in [0.15, 0.2) is 6.10 Å². The number of rotatable bonds is 14. The van der Waals surface area contributed by atoms with Crippen molar-refractivity contribution in [3.8, 4) is 17.2 Å². The molecule has 0 heterocycles. The molecule has 0 aliphatic carbocycles. The molecule has 2 rings (SSSR count). The second-order valence-electron chi connectivity index (χ2n) is 6.72. The molecular formula is C26H24O10. The number of carbonyl (C=O) groups excluding carboxylic acids is 4. The summed E-state index contributed by atoms with van der Waals surface area (Å²) in [4.78, 5) is 46.1. The van der Waals surface area contributed by atoms with Crippen LogP contribution in [0.2, 0.25) is 0 Å². The quantitative estimate of drug-likeness (QED) is 0.127. The number of ether oxygens (including phenoxy) is 6. The lowest BCUT2D eigenvalue weighted by Crippen LogP contribution is -2.30. The maximum Gasteiger partial charge on any atom is 0.343 e. The van der Waals surface area contributed by atoms with E-state index >= 15 is 0 Å². The van der Waals surface area contributed by atoms with E-state index in [1.54, 1.807) is 12.1 Å². The Balaban J connectivity index is 1.88. The van der Waals surface area contributed by atoms with Crippen molar-refractivity contribution < 1.29 is 47.6 Å². The average molecular weight is 496 g/mol. The van der Waals surface area contributed by atoms with E-state index in [0.717, 1.165) is 18.2 Å². The van der Waals surface area contributed by atoms with E-state index in [2.05, 4.69) is 19.7 Å². The highest BCUT2D eigenvalue weighted by Gasteiger charge is 2.17. The number of esters is 4. The normalized spacial score (nSPS) is 10.7. The summed E-state index contributed by atoms with van der Waals surface area (Å²) in [5, 5.41) is 0. The molecule has 10 nitrogen and oxygen atoms in total. The molecule has 0 saturated carbocycles. The van der Waals surface area contributed by atoms with Gasteiger partial charge in [0.05, 0.1) is 5.56 Å². The SMILES string of the molecule is C=CC(=O)OCOc1ccc(OC(=O)c2ccc(OCC(COC(=O)C=C)OC(=O)C=C)cc2)cc1. The Bertz CT molecular complexity index is 1090. The summed E-state index contributed by atoms with van der Waals surface area (Å²) in [5.74, 6) is -1.53. The summed E-state index contributed by atoms with van der Waals surface area (Å²) >= 11 is 0. The molecule has 0 amide bonds. The summed E-state index contributed by atoms with van der Waals surface area (Å²) < 4.78 is 30.8. The molecule has 36 heavy (non-hydrogen) atoms. The highest BCUT2D eigenvalue weighted by molar-refractivity contribution is 5.91. The Labute approximate surface area is 207 Å². The average Bonchev–Trinajstić information content (AvgIpc) is 2.90. The molecule has 0 aliphatic rings. The minimum Gasteiger partial charge on any atom is -0.490 e. The predicted octanol–water partition coefficient (Wildman–Crippen LogP) is 3.18. The maximum atomic E-state index is 12.4. The van der Waals surface area contributed by atoms with Gasteiger partial charge in [-0.1, -0.05) is 19.7 Å². The molecule has 188 valence electrons. The van der Waals surface area contributed by atoms with Crippen molar-refractivity contribution in [3.05, 3.63) is 92.1 Å². The van der Waals surface area contributed by atoms with Gasteiger partial charge < -0.3 is 28.4 Å². The molecule has 1 atom stereocenters. The third-order valence-corrected chi connectivity index (χ3v) is 4.18. The fraction of sp³-hybridized carbons (Fsp3) is 0.154. The first-order chi connectivity index (χ1) is 17.3. The zero-order valence-corrected chi connectivity index (χ0v) is 19.3. The van der Waals surface area contributed by atoms with Crippen LogP contribution in [0.1, 0.15) is 10.4 Å². The minimum atomic E-state index is -0.884. The lowest BCUT2D eigenvalue weighted by molar-refractivity contribution is -0.154. The molecule has 2 aromatic rings. The molecule has 2 aromatic carbocycles. The monoisotopic (exact) mass is 496 g/mol. The standard InChI is InChI=1S/C26H24O10/c1-4-23(27)32-16-22(35-25(29)6-3)15-31-19-9-7-18(8-10-19)26(30)36-21-13-11-20(12-14-21)33-17-34-24(28)5-2/h4-14,22H,1-3,15-17H2. The first kappa shape index (κ1) is 27.4. The Hall–Kier alpha value is -4.86. The molecule has 10 heteroatoms. The molecule has 0 spiro atoms. The zero-order valence-electron chi connectivity index (χ0n) is 19.3. The fourth-order valence-electron chi connectivity index (χ4n) is 2.42. The summed E-state index contributed by atoms with van der Waals surface area (Å²) in [6, 6.07) is 12.2. The number of hydrogen-bond donors (Lipinski definition) is 0. The second kappa shape index (κ2) is 14.4. The molecule has 0 aromatic heterocycles. The topological polar surface area (TPSA) is 124 Å². The Kier molecular flexibility index (Phi) is 11.0. The summed E-state index contributed by atoms with van der Waals surface area (Å²) in [7, 11) is 0. The molecule has 0 saturated heterocycles. The smallest absolute Gasteiger partial charge is 0.343 e. The molecule has 0 N–H and O–H groups in total. The van der Waals surface area contributed by atoms with Crippen LogP contribution in [0.15, 0.2) is 86.5 Å². The number of carbonyl (C=O) groups is 4. The van der Waals surface area contributed by atoms with Gasteiger partial charge in [-0.15, -0.1) is 0 Å². The first-order valence-corrected chi connectivity index (χ1v) is 10.4. The van der Waals surface area contributed by atoms with Crippen molar-refractivity contribution in [2.24, 2.45) is 0 Å². The van der Waals surface area contributed by atoms with Crippen LogP contribution >= 0.6 is 0 Å². The van der Waals surface area contributed by atoms with E-state index in [1.165, 1.54) is 36.4 Å². The van der Waals surface area contributed by atoms with Gasteiger partial charge in [0.25, 0.3) is 0 Å². The minimum absolute atomic E-state index is 0.116. The molecule has 0 radical (unpaired) electrons. The Morgan fingerprint density at radius 2 is 1.19 bits per heavy atom. The summed E-state index contributed by atoms with van der Waals surface area (Å²) in [6.07, 6.45) is 2.10. The van der Waals surface area contributed by atoms with Crippen LogP contribution in [0.4, 0.5) is 0 Å². The van der Waals surface area contributed by atoms with Crippen LogP contribution in [0.25, 0.3) is 0 Å². The van der Waals surface area contributed by atoms with Gasteiger partial charge in [0.2, 0.25) is 6.79 Å². The fourth-order valence-corrected chi connectivity index (χ4v) is 2.42.